The van der Waals surface area contributed by atoms with E-state index in [1.54, 1.807) is 135 Å². The fourth-order valence-corrected chi connectivity index (χ4v) is 15.1. The summed E-state index contributed by atoms with van der Waals surface area (Å²) in [5, 5.41) is 101. The number of rotatable bonds is 16. The zero-order valence-corrected chi connectivity index (χ0v) is 87.2. The van der Waals surface area contributed by atoms with E-state index >= 15 is 0 Å². The van der Waals surface area contributed by atoms with Crippen LogP contribution in [0.3, 0.4) is 0 Å². The average Bonchev–Trinajstić information content (AvgIpc) is 0.878. The lowest BCUT2D eigenvalue weighted by molar-refractivity contribution is 0.101. The Labute approximate surface area is 898 Å². The van der Waals surface area contributed by atoms with Gasteiger partial charge in [0.05, 0.1) is 55.2 Å². The maximum absolute atomic E-state index is 13.2. The van der Waals surface area contributed by atoms with Crippen LogP contribution in [-0.2, 0) is 0 Å². The first kappa shape index (κ1) is 116. The maximum Gasteiger partial charge on any atom is 0.259 e. The molecule has 0 spiro atoms. The van der Waals surface area contributed by atoms with Crippen LogP contribution in [0.1, 0.15) is 122 Å². The molecule has 0 aliphatic rings. The van der Waals surface area contributed by atoms with Crippen molar-refractivity contribution in [2.45, 2.75) is 48.5 Å². The highest BCUT2D eigenvalue weighted by atomic mass is 79.9. The van der Waals surface area contributed by atoms with E-state index in [9.17, 15) is 96.8 Å². The standard InChI is InChI=1S/C14H11BrClNO2.C14H11BrFNO2.C14H11ClFNO2.3C14H12ClNO2.C14H11F2NO2.C13H9Cl2NO2/c2*1-8-4-10(16)7-11(5-8)17-14(19)12-6-9(15)2-3-13(12)18;1-8-4-9(15)6-11(5-8)17-14(19)12-7-10(16)2-3-13(12)18;2*1-9-2-5-11(6-3-9)16-14(18)12-8-10(15)4-7-13(12)17;1-9-3-2-4-11(7-9)16-14(18)12-8-10(15)5-6-13(12)17;1-8-4-10(16)6-11(5-8)17-14(19)12-7-9(15)2-3-13(12)18;14-8-5-6-12(17)9(7-8)13(18)16-11-4-2-1-3-10(11)15/h3*2-7,18H,1H3,(H,17,19);3*2-8,17H,1H3,(H,16,18);2-7,18H,1H3,(H,17,19);1-7,17H,(H,16,18). The van der Waals surface area contributed by atoms with Crippen LogP contribution in [0.4, 0.5) is 63.1 Å². The number of carbonyl (C=O) groups excluding carboxylic acids is 8. The third kappa shape index (κ3) is 37.5. The molecule has 0 bridgehead atoms. The molecule has 0 aliphatic carbocycles. The van der Waals surface area contributed by atoms with Crippen LogP contribution in [0.5, 0.6) is 46.0 Å². The van der Waals surface area contributed by atoms with Gasteiger partial charge in [-0.1, -0.05) is 173 Å². The molecule has 0 fully saturated rings. The summed E-state index contributed by atoms with van der Waals surface area (Å²) < 4.78 is 53.9. The molecule has 0 heterocycles. The first-order valence-corrected chi connectivity index (χ1v) is 47.7. The van der Waals surface area contributed by atoms with Crippen molar-refractivity contribution >= 4 is 206 Å². The summed E-state index contributed by atoms with van der Waals surface area (Å²) in [6.07, 6.45) is 0. The molecule has 0 saturated heterocycles. The van der Waals surface area contributed by atoms with Crippen LogP contribution in [-0.4, -0.2) is 88.1 Å². The summed E-state index contributed by atoms with van der Waals surface area (Å²) in [5.74, 6) is -7.21. The predicted octanol–water partition coefficient (Wildman–Crippen LogP) is 30.0. The van der Waals surface area contributed by atoms with Crippen molar-refractivity contribution in [2.24, 2.45) is 0 Å². The smallest absolute Gasteiger partial charge is 0.259 e. The van der Waals surface area contributed by atoms with Crippen molar-refractivity contribution in [3.8, 4) is 46.0 Å². The van der Waals surface area contributed by atoms with Gasteiger partial charge in [-0.2, -0.15) is 0 Å². The Hall–Kier alpha value is -15.6. The lowest BCUT2D eigenvalue weighted by atomic mass is 10.1. The largest absolute Gasteiger partial charge is 0.507 e. The molecular weight excluding hydrogens is 2190 g/mol. The summed E-state index contributed by atoms with van der Waals surface area (Å²) in [6.45, 7) is 13.0. The van der Waals surface area contributed by atoms with E-state index in [2.05, 4.69) is 74.4 Å². The average molecular weight is 2270 g/mol. The molecule has 0 radical (unpaired) electrons. The van der Waals surface area contributed by atoms with Crippen LogP contribution in [0.25, 0.3) is 0 Å². The molecule has 0 saturated carbocycles. The van der Waals surface area contributed by atoms with E-state index in [0.29, 0.717) is 90.6 Å². The highest BCUT2D eigenvalue weighted by Gasteiger charge is 2.22. The number of hydrogen-bond donors (Lipinski definition) is 16. The van der Waals surface area contributed by atoms with Gasteiger partial charge in [0.15, 0.2) is 0 Å². The number of benzene rings is 16. The van der Waals surface area contributed by atoms with Crippen LogP contribution in [0.15, 0.2) is 324 Å². The number of para-hydroxylation sites is 1. The molecule has 8 amide bonds. The Kier molecular flexibility index (Phi) is 43.6. The number of halogens is 13. The molecule has 0 atom stereocenters. The monoisotopic (exact) mass is 2270 g/mol. The Morgan fingerprint density at radius 2 is 0.459 bits per heavy atom. The first-order chi connectivity index (χ1) is 70.1. The van der Waals surface area contributed by atoms with E-state index < -0.39 is 46.9 Å². The van der Waals surface area contributed by atoms with Crippen LogP contribution in [0.2, 0.25) is 35.2 Å². The van der Waals surface area contributed by atoms with Crippen molar-refractivity contribution < 1.29 is 96.8 Å². The predicted molar refractivity (Wildman–Crippen MR) is 583 cm³/mol. The number of anilines is 8. The highest BCUT2D eigenvalue weighted by molar-refractivity contribution is 9.10. The summed E-state index contributed by atoms with van der Waals surface area (Å²) >= 11 is 47.4. The van der Waals surface area contributed by atoms with E-state index in [-0.39, 0.29) is 120 Å². The van der Waals surface area contributed by atoms with Gasteiger partial charge in [0.1, 0.15) is 69.3 Å². The fourth-order valence-electron chi connectivity index (χ4n) is 12.9. The Balaban J connectivity index is 0.000000188. The number of amides is 8. The van der Waals surface area contributed by atoms with Gasteiger partial charge in [0.2, 0.25) is 0 Å². The van der Waals surface area contributed by atoms with Crippen molar-refractivity contribution in [2.75, 3.05) is 42.5 Å². The highest BCUT2D eigenvalue weighted by Crippen LogP contribution is 2.34. The van der Waals surface area contributed by atoms with E-state index in [4.69, 9.17) is 81.2 Å². The molecule has 16 aromatic carbocycles. The molecule has 0 aliphatic heterocycles. The minimum Gasteiger partial charge on any atom is -0.507 e. The zero-order chi connectivity index (χ0) is 108. The van der Waals surface area contributed by atoms with Crippen LogP contribution >= 0.6 is 113 Å². The number of aryl methyl sites for hydroxylation is 7. The van der Waals surface area contributed by atoms with Gasteiger partial charge in [0.25, 0.3) is 47.3 Å². The lowest BCUT2D eigenvalue weighted by Crippen LogP contribution is -2.12. The van der Waals surface area contributed by atoms with E-state index in [1.807, 2.05) is 77.1 Å². The number of carbonyl (C=O) groups is 8. The molecule has 148 heavy (non-hydrogen) atoms. The van der Waals surface area contributed by atoms with Crippen molar-refractivity contribution in [3.05, 3.63) is 466 Å². The van der Waals surface area contributed by atoms with Gasteiger partial charge >= 0.3 is 0 Å². The maximum atomic E-state index is 13.2. The molecule has 0 unspecified atom stereocenters. The number of hydrogen-bond acceptors (Lipinski definition) is 16. The van der Waals surface area contributed by atoms with Gasteiger partial charge in [-0.15, -0.1) is 0 Å². The molecule has 37 heteroatoms. The lowest BCUT2D eigenvalue weighted by Gasteiger charge is -2.08. The molecule has 24 nitrogen and oxygen atoms in total. The molecule has 16 N–H and O–H groups in total. The van der Waals surface area contributed by atoms with E-state index in [1.165, 1.54) is 109 Å². The minimum atomic E-state index is -0.706. The second kappa shape index (κ2) is 55.6. The molecule has 16 rings (SSSR count). The summed E-state index contributed by atoms with van der Waals surface area (Å²) in [4.78, 5) is 95.7. The summed E-state index contributed by atoms with van der Waals surface area (Å²) in [6, 6.07) is 80.4. The minimum absolute atomic E-state index is 0.0700. The first-order valence-electron chi connectivity index (χ1n) is 43.5. The van der Waals surface area contributed by atoms with Gasteiger partial charge in [0, 0.05) is 78.9 Å². The van der Waals surface area contributed by atoms with Crippen molar-refractivity contribution in [1.82, 2.24) is 0 Å². The van der Waals surface area contributed by atoms with Crippen LogP contribution in [0, 0.1) is 71.7 Å². The third-order valence-electron chi connectivity index (χ3n) is 19.8. The number of phenolic OH excluding ortho intramolecular Hbond substituents is 8. The normalized spacial score (nSPS) is 10.2. The molecule has 760 valence electrons. The number of phenols is 8. The Bertz CT molecular complexity index is 6940. The topological polar surface area (TPSA) is 395 Å². The summed E-state index contributed by atoms with van der Waals surface area (Å²) in [7, 11) is 0. The van der Waals surface area contributed by atoms with Crippen molar-refractivity contribution in [1.29, 1.82) is 0 Å². The second-order valence-corrected chi connectivity index (χ2v) is 36.9. The van der Waals surface area contributed by atoms with Gasteiger partial charge in [-0.25, -0.2) is 17.6 Å². The number of nitrogens with one attached hydrogen (secondary N) is 8. The zero-order valence-electron chi connectivity index (χ0n) is 78.8. The molecule has 16 aromatic rings. The second-order valence-electron chi connectivity index (χ2n) is 32.1. The van der Waals surface area contributed by atoms with E-state index in [0.717, 1.165) is 74.8 Å². The van der Waals surface area contributed by atoms with Gasteiger partial charge in [-0.3, -0.25) is 38.4 Å². The van der Waals surface area contributed by atoms with Crippen molar-refractivity contribution in [3.63, 3.8) is 0 Å². The Morgan fingerprint density at radius 1 is 0.203 bits per heavy atom. The van der Waals surface area contributed by atoms with Crippen LogP contribution < -0.4 is 42.5 Å². The number of aromatic hydroxyl groups is 8. The SMILES string of the molecule is Cc1cc(Cl)cc(NC(=O)c2cc(Br)ccc2O)c1.Cc1cc(Cl)cc(NC(=O)c2cc(F)ccc2O)c1.Cc1cc(F)cc(NC(=O)c2cc(Br)ccc2O)c1.Cc1cc(F)cc(NC(=O)c2cc(F)ccc2O)c1.Cc1ccc(NC(=O)c2cc(Cl)ccc2O)cc1.Cc1ccc(NC(=O)c2cc(Cl)ccc2O)cc1.Cc1cccc(NC(=O)c2cc(Cl)ccc2O)c1.O=C(Nc1ccccc1Cl)c1cc(Cl)ccc1O. The third-order valence-corrected chi connectivity index (χ3v) is 22.5. The Morgan fingerprint density at radius 3 is 0.764 bits per heavy atom. The summed E-state index contributed by atoms with van der Waals surface area (Å²) in [5.41, 5.74) is 11.2. The molecular formula is C111H89Br2Cl7F4N8O16. The van der Waals surface area contributed by atoms with Gasteiger partial charge < -0.3 is 83.4 Å². The molecule has 0 aromatic heterocycles. The fraction of sp³-hybridized carbons (Fsp3) is 0.0631. The quantitative estimate of drug-likeness (QED) is 0.0400. The van der Waals surface area contributed by atoms with Gasteiger partial charge in [-0.05, 0) is 343 Å².